The topological polar surface area (TPSA) is 109 Å². The molecule has 2 aromatic carbocycles. The van der Waals surface area contributed by atoms with E-state index in [0.717, 1.165) is 21.7 Å². The number of carbonyl (C=O) groups excluding carboxylic acids is 2. The van der Waals surface area contributed by atoms with Gasteiger partial charge in [0.1, 0.15) is 11.8 Å². The molecule has 1 atom stereocenters. The van der Waals surface area contributed by atoms with Gasteiger partial charge in [-0.15, -0.1) is 0 Å². The minimum Gasteiger partial charge on any atom is -0.467 e. The summed E-state index contributed by atoms with van der Waals surface area (Å²) < 4.78 is 31.4. The van der Waals surface area contributed by atoms with Crippen molar-refractivity contribution < 1.29 is 22.4 Å². The molecule has 3 aromatic rings. The highest BCUT2D eigenvalue weighted by molar-refractivity contribution is 7.92. The highest BCUT2D eigenvalue weighted by atomic mass is 32.2. The van der Waals surface area contributed by atoms with Crippen LogP contribution in [-0.2, 0) is 21.4 Å². The molecule has 0 aliphatic heterocycles. The van der Waals surface area contributed by atoms with Crippen LogP contribution in [0.2, 0.25) is 0 Å². The van der Waals surface area contributed by atoms with Crippen molar-refractivity contribution in [2.75, 3.05) is 15.9 Å². The Balaban J connectivity index is 1.82. The summed E-state index contributed by atoms with van der Waals surface area (Å²) in [5.41, 5.74) is 2.85. The number of nitrogens with one attached hydrogen (secondary N) is 2. The molecule has 0 saturated carbocycles. The summed E-state index contributed by atoms with van der Waals surface area (Å²) in [5, 5.41) is 5.44. The molecule has 2 amide bonds. The molecular weight excluding hydrogens is 442 g/mol. The Hall–Kier alpha value is -3.59. The van der Waals surface area contributed by atoms with Gasteiger partial charge < -0.3 is 15.1 Å². The summed E-state index contributed by atoms with van der Waals surface area (Å²) in [7, 11) is -3.76. The highest BCUT2D eigenvalue weighted by Crippen LogP contribution is 2.25. The van der Waals surface area contributed by atoms with E-state index >= 15 is 0 Å². The van der Waals surface area contributed by atoms with Gasteiger partial charge in [-0.1, -0.05) is 18.2 Å². The molecule has 1 heterocycles. The zero-order valence-electron chi connectivity index (χ0n) is 19.0. The lowest BCUT2D eigenvalue weighted by atomic mass is 10.1. The maximum Gasteiger partial charge on any atom is 0.253 e. The molecule has 1 unspecified atom stereocenters. The summed E-state index contributed by atoms with van der Waals surface area (Å²) in [6.45, 7) is 5.50. The van der Waals surface area contributed by atoms with Gasteiger partial charge in [0.15, 0.2) is 0 Å². The smallest absolute Gasteiger partial charge is 0.253 e. The summed E-state index contributed by atoms with van der Waals surface area (Å²) in [6.07, 6.45) is 2.57. The number of benzene rings is 2. The number of para-hydroxylation sites is 1. The van der Waals surface area contributed by atoms with E-state index < -0.39 is 27.9 Å². The Morgan fingerprint density at radius 1 is 1.03 bits per heavy atom. The van der Waals surface area contributed by atoms with E-state index in [2.05, 4.69) is 10.6 Å². The molecule has 0 aliphatic rings. The number of hydrogen-bond acceptors (Lipinski definition) is 5. The van der Waals surface area contributed by atoms with Gasteiger partial charge in [0.25, 0.3) is 5.91 Å². The van der Waals surface area contributed by atoms with Crippen molar-refractivity contribution in [1.29, 1.82) is 0 Å². The predicted molar refractivity (Wildman–Crippen MR) is 128 cm³/mol. The second-order valence-electron chi connectivity index (χ2n) is 7.80. The largest absolute Gasteiger partial charge is 0.467 e. The van der Waals surface area contributed by atoms with E-state index in [1.165, 1.54) is 13.2 Å². The van der Waals surface area contributed by atoms with Crippen LogP contribution in [0.15, 0.2) is 65.3 Å². The van der Waals surface area contributed by atoms with Crippen LogP contribution in [-0.4, -0.2) is 32.5 Å². The van der Waals surface area contributed by atoms with Crippen LogP contribution in [0.25, 0.3) is 0 Å². The second kappa shape index (κ2) is 9.91. The molecule has 0 spiro atoms. The summed E-state index contributed by atoms with van der Waals surface area (Å²) in [4.78, 5) is 25.8. The molecule has 1 aromatic heterocycles. The van der Waals surface area contributed by atoms with Gasteiger partial charge in [0.2, 0.25) is 15.9 Å². The van der Waals surface area contributed by atoms with E-state index in [-0.39, 0.29) is 17.8 Å². The lowest BCUT2D eigenvalue weighted by Gasteiger charge is -2.29. The van der Waals surface area contributed by atoms with Crippen molar-refractivity contribution in [1.82, 2.24) is 5.32 Å². The van der Waals surface area contributed by atoms with Gasteiger partial charge in [-0.25, -0.2) is 8.42 Å². The van der Waals surface area contributed by atoms with E-state index in [0.29, 0.717) is 11.4 Å². The first-order valence-corrected chi connectivity index (χ1v) is 12.2. The number of aryl methyl sites for hydroxylation is 2. The third kappa shape index (κ3) is 5.81. The Morgan fingerprint density at radius 2 is 1.76 bits per heavy atom. The zero-order valence-corrected chi connectivity index (χ0v) is 19.8. The molecule has 174 valence electrons. The van der Waals surface area contributed by atoms with Gasteiger partial charge in [-0.2, -0.15) is 0 Å². The Bertz CT molecular complexity index is 1250. The zero-order chi connectivity index (χ0) is 24.2. The third-order valence-electron chi connectivity index (χ3n) is 5.27. The number of anilines is 2. The van der Waals surface area contributed by atoms with Crippen LogP contribution in [0.3, 0.4) is 0 Å². The van der Waals surface area contributed by atoms with Crippen molar-refractivity contribution in [3.05, 3.63) is 83.3 Å². The standard InChI is InChI=1S/C24H27N3O5S/c1-16-11-12-19(14-17(16)2)27(33(4,30)31)18(3)23(28)26-22-10-6-5-9-21(22)24(29)25-15-20-8-7-13-32-20/h5-14,18H,15H2,1-4H3,(H,25,29)(H,26,28). The van der Waals surface area contributed by atoms with E-state index in [1.54, 1.807) is 48.5 Å². The first-order valence-electron chi connectivity index (χ1n) is 10.3. The first kappa shape index (κ1) is 24.1. The van der Waals surface area contributed by atoms with Crippen LogP contribution < -0.4 is 14.9 Å². The lowest BCUT2D eigenvalue weighted by Crippen LogP contribution is -2.45. The molecule has 0 fully saturated rings. The van der Waals surface area contributed by atoms with Crippen LogP contribution >= 0.6 is 0 Å². The van der Waals surface area contributed by atoms with E-state index in [9.17, 15) is 18.0 Å². The fourth-order valence-electron chi connectivity index (χ4n) is 3.37. The van der Waals surface area contributed by atoms with Crippen molar-refractivity contribution in [2.45, 2.75) is 33.4 Å². The molecule has 0 aliphatic carbocycles. The Labute approximate surface area is 193 Å². The number of carbonyl (C=O) groups is 2. The Morgan fingerprint density at radius 3 is 2.39 bits per heavy atom. The minimum absolute atomic E-state index is 0.194. The molecule has 0 saturated heterocycles. The van der Waals surface area contributed by atoms with Crippen molar-refractivity contribution in [3.63, 3.8) is 0 Å². The average molecular weight is 470 g/mol. The van der Waals surface area contributed by atoms with Crippen LogP contribution in [0.4, 0.5) is 11.4 Å². The maximum atomic E-state index is 13.1. The fourth-order valence-corrected chi connectivity index (χ4v) is 4.54. The number of amides is 2. The molecular formula is C24H27N3O5S. The second-order valence-corrected chi connectivity index (χ2v) is 9.66. The number of hydrogen-bond donors (Lipinski definition) is 2. The van der Waals surface area contributed by atoms with Crippen LogP contribution in [0, 0.1) is 13.8 Å². The quantitative estimate of drug-likeness (QED) is 0.524. The Kier molecular flexibility index (Phi) is 7.23. The van der Waals surface area contributed by atoms with Gasteiger partial charge in [-0.3, -0.25) is 13.9 Å². The first-order chi connectivity index (χ1) is 15.6. The van der Waals surface area contributed by atoms with Gasteiger partial charge in [0.05, 0.1) is 36.0 Å². The highest BCUT2D eigenvalue weighted by Gasteiger charge is 2.30. The van der Waals surface area contributed by atoms with Gasteiger partial charge in [0, 0.05) is 0 Å². The number of sulfonamides is 1. The third-order valence-corrected chi connectivity index (χ3v) is 6.51. The van der Waals surface area contributed by atoms with Crippen LogP contribution in [0.1, 0.15) is 34.2 Å². The monoisotopic (exact) mass is 469 g/mol. The summed E-state index contributed by atoms with van der Waals surface area (Å²) in [5.74, 6) is -0.371. The lowest BCUT2D eigenvalue weighted by molar-refractivity contribution is -0.116. The molecule has 2 N–H and O–H groups in total. The van der Waals surface area contributed by atoms with Gasteiger partial charge >= 0.3 is 0 Å². The average Bonchev–Trinajstić information content (AvgIpc) is 3.27. The maximum absolute atomic E-state index is 13.1. The molecule has 33 heavy (non-hydrogen) atoms. The van der Waals surface area contributed by atoms with Crippen LogP contribution in [0.5, 0.6) is 0 Å². The van der Waals surface area contributed by atoms with E-state index in [4.69, 9.17) is 4.42 Å². The number of rotatable bonds is 8. The van der Waals surface area contributed by atoms with Gasteiger partial charge in [-0.05, 0) is 68.3 Å². The molecule has 0 radical (unpaired) electrons. The van der Waals surface area contributed by atoms with E-state index in [1.807, 2.05) is 19.9 Å². The predicted octanol–water partition coefficient (Wildman–Crippen LogP) is 3.62. The number of nitrogens with zero attached hydrogens (tertiary/aromatic N) is 1. The normalized spacial score (nSPS) is 12.1. The summed E-state index contributed by atoms with van der Waals surface area (Å²) in [6, 6.07) is 14.2. The van der Waals surface area contributed by atoms with Crippen molar-refractivity contribution in [2.24, 2.45) is 0 Å². The van der Waals surface area contributed by atoms with Crippen molar-refractivity contribution in [3.8, 4) is 0 Å². The van der Waals surface area contributed by atoms with Crippen molar-refractivity contribution >= 4 is 33.2 Å². The SMILES string of the molecule is Cc1ccc(N(C(C)C(=O)Nc2ccccc2C(=O)NCc2ccco2)S(C)(=O)=O)cc1C. The molecule has 8 nitrogen and oxygen atoms in total. The minimum atomic E-state index is -3.76. The summed E-state index contributed by atoms with van der Waals surface area (Å²) >= 11 is 0. The fraction of sp³-hybridized carbons (Fsp3) is 0.250. The number of furan rings is 1. The molecule has 3 rings (SSSR count). The molecule has 9 heteroatoms. The molecule has 0 bridgehead atoms.